The first-order chi connectivity index (χ1) is 9.58. The van der Waals surface area contributed by atoms with Crippen molar-refractivity contribution in [3.8, 4) is 0 Å². The standard InChI is InChI=1S/C16H12O3S/c17-16-13(10-12-6-2-1-3-7-12)11-20(18,19)15-9-5-4-8-14(15)16/h1-10H,11H2. The zero-order valence-electron chi connectivity index (χ0n) is 10.6. The van der Waals surface area contributed by atoms with Crippen LogP contribution in [0.25, 0.3) is 6.08 Å². The Morgan fingerprint density at radius 3 is 2.30 bits per heavy atom. The molecule has 0 saturated carbocycles. The lowest BCUT2D eigenvalue weighted by molar-refractivity contribution is 0.103. The van der Waals surface area contributed by atoms with Crippen molar-refractivity contribution in [1.29, 1.82) is 0 Å². The molecule has 3 nitrogen and oxygen atoms in total. The van der Waals surface area contributed by atoms with E-state index in [1.165, 1.54) is 6.07 Å². The van der Waals surface area contributed by atoms with Gasteiger partial charge in [-0.2, -0.15) is 0 Å². The van der Waals surface area contributed by atoms with E-state index in [2.05, 4.69) is 0 Å². The summed E-state index contributed by atoms with van der Waals surface area (Å²) in [7, 11) is -3.43. The second-order valence-corrected chi connectivity index (χ2v) is 6.62. The molecule has 1 aliphatic heterocycles. The van der Waals surface area contributed by atoms with E-state index in [0.29, 0.717) is 5.57 Å². The number of ketones is 1. The van der Waals surface area contributed by atoms with Crippen molar-refractivity contribution < 1.29 is 13.2 Å². The van der Waals surface area contributed by atoms with Crippen molar-refractivity contribution >= 4 is 21.7 Å². The normalized spacial score (nSPS) is 18.8. The summed E-state index contributed by atoms with van der Waals surface area (Å²) in [6, 6.07) is 15.6. The highest BCUT2D eigenvalue weighted by molar-refractivity contribution is 7.91. The minimum Gasteiger partial charge on any atom is -0.289 e. The van der Waals surface area contributed by atoms with Crippen molar-refractivity contribution in [3.05, 3.63) is 71.3 Å². The molecule has 0 radical (unpaired) electrons. The Hall–Kier alpha value is -2.20. The zero-order chi connectivity index (χ0) is 14.2. The van der Waals surface area contributed by atoms with Gasteiger partial charge in [-0.1, -0.05) is 42.5 Å². The molecule has 1 aliphatic rings. The van der Waals surface area contributed by atoms with E-state index in [1.54, 1.807) is 24.3 Å². The minimum atomic E-state index is -3.43. The highest BCUT2D eigenvalue weighted by Crippen LogP contribution is 2.28. The predicted octanol–water partition coefficient (Wildman–Crippen LogP) is 2.74. The molecule has 0 bridgehead atoms. The van der Waals surface area contributed by atoms with E-state index in [1.807, 2.05) is 30.3 Å². The Kier molecular flexibility index (Phi) is 3.03. The molecule has 20 heavy (non-hydrogen) atoms. The third-order valence-corrected chi connectivity index (χ3v) is 4.96. The number of carbonyl (C=O) groups is 1. The van der Waals surface area contributed by atoms with Gasteiger partial charge in [0.1, 0.15) is 0 Å². The number of sulfone groups is 1. The van der Waals surface area contributed by atoms with Gasteiger partial charge < -0.3 is 0 Å². The van der Waals surface area contributed by atoms with E-state index in [0.717, 1.165) is 5.56 Å². The molecule has 3 rings (SSSR count). The van der Waals surface area contributed by atoms with Gasteiger partial charge in [0.2, 0.25) is 0 Å². The Labute approximate surface area is 117 Å². The molecule has 100 valence electrons. The van der Waals surface area contributed by atoms with Crippen LogP contribution in [0.3, 0.4) is 0 Å². The summed E-state index contributed by atoms with van der Waals surface area (Å²) in [6.07, 6.45) is 1.65. The SMILES string of the molecule is O=C1C(=Cc2ccccc2)CS(=O)(=O)c2ccccc21. The summed E-state index contributed by atoms with van der Waals surface area (Å²) in [5.41, 5.74) is 1.40. The fourth-order valence-electron chi connectivity index (χ4n) is 2.30. The highest BCUT2D eigenvalue weighted by Gasteiger charge is 2.32. The van der Waals surface area contributed by atoms with Gasteiger partial charge in [-0.25, -0.2) is 8.42 Å². The first-order valence-electron chi connectivity index (χ1n) is 6.20. The van der Waals surface area contributed by atoms with Crippen LogP contribution in [0.15, 0.2) is 65.1 Å². The molecule has 1 heterocycles. The van der Waals surface area contributed by atoms with Gasteiger partial charge in [-0.3, -0.25) is 4.79 Å². The lowest BCUT2D eigenvalue weighted by Gasteiger charge is -2.17. The lowest BCUT2D eigenvalue weighted by Crippen LogP contribution is -2.24. The average molecular weight is 284 g/mol. The molecule has 0 unspecified atom stereocenters. The number of fused-ring (bicyclic) bond motifs is 1. The van der Waals surface area contributed by atoms with Crippen LogP contribution in [-0.4, -0.2) is 20.0 Å². The molecular weight excluding hydrogens is 272 g/mol. The smallest absolute Gasteiger partial charge is 0.191 e. The van der Waals surface area contributed by atoms with E-state index < -0.39 is 9.84 Å². The topological polar surface area (TPSA) is 51.2 Å². The Morgan fingerprint density at radius 1 is 0.900 bits per heavy atom. The molecule has 0 aliphatic carbocycles. The maximum Gasteiger partial charge on any atom is 0.191 e. The van der Waals surface area contributed by atoms with Crippen molar-refractivity contribution in [2.75, 3.05) is 5.75 Å². The number of Topliss-reactive ketones (excluding diaryl/α,β-unsaturated/α-hetero) is 1. The second kappa shape index (κ2) is 4.72. The molecule has 0 atom stereocenters. The average Bonchev–Trinajstić information content (AvgIpc) is 2.46. The van der Waals surface area contributed by atoms with Gasteiger partial charge in [-0.15, -0.1) is 0 Å². The number of hydrogen-bond acceptors (Lipinski definition) is 3. The van der Waals surface area contributed by atoms with E-state index >= 15 is 0 Å². The maximum atomic E-state index is 12.4. The monoisotopic (exact) mass is 284 g/mol. The molecule has 2 aromatic rings. The van der Waals surface area contributed by atoms with E-state index in [9.17, 15) is 13.2 Å². The fourth-order valence-corrected chi connectivity index (χ4v) is 3.87. The van der Waals surface area contributed by atoms with E-state index in [-0.39, 0.29) is 22.0 Å². The summed E-state index contributed by atoms with van der Waals surface area (Å²) >= 11 is 0. The summed E-state index contributed by atoms with van der Waals surface area (Å²) in [5, 5.41) is 0. The van der Waals surface area contributed by atoms with Gasteiger partial charge in [0.15, 0.2) is 15.6 Å². The van der Waals surface area contributed by atoms with Crippen molar-refractivity contribution in [1.82, 2.24) is 0 Å². The molecular formula is C16H12O3S. The van der Waals surface area contributed by atoms with Gasteiger partial charge in [-0.05, 0) is 23.8 Å². The summed E-state index contributed by atoms with van der Waals surface area (Å²) in [5.74, 6) is -0.447. The number of benzene rings is 2. The molecule has 0 aromatic heterocycles. The van der Waals surface area contributed by atoms with Crippen molar-refractivity contribution in [2.45, 2.75) is 4.90 Å². The van der Waals surface area contributed by atoms with Crippen LogP contribution < -0.4 is 0 Å². The van der Waals surface area contributed by atoms with Crippen LogP contribution in [0.1, 0.15) is 15.9 Å². The molecule has 4 heteroatoms. The summed E-state index contributed by atoms with van der Waals surface area (Å²) in [4.78, 5) is 12.5. The van der Waals surface area contributed by atoms with Crippen molar-refractivity contribution in [3.63, 3.8) is 0 Å². The second-order valence-electron chi connectivity index (χ2n) is 4.66. The Bertz CT molecular complexity index is 803. The van der Waals surface area contributed by atoms with Gasteiger partial charge in [0.05, 0.1) is 10.6 Å². The first kappa shape index (κ1) is 12.8. The van der Waals surface area contributed by atoms with Crippen LogP contribution >= 0.6 is 0 Å². The Morgan fingerprint density at radius 2 is 1.55 bits per heavy atom. The quantitative estimate of drug-likeness (QED) is 0.757. The van der Waals surface area contributed by atoms with Crippen molar-refractivity contribution in [2.24, 2.45) is 0 Å². The molecule has 0 amide bonds. The Balaban J connectivity index is 2.15. The molecule has 2 aromatic carbocycles. The van der Waals surface area contributed by atoms with E-state index in [4.69, 9.17) is 0 Å². The van der Waals surface area contributed by atoms with Crippen LogP contribution in [0.2, 0.25) is 0 Å². The minimum absolute atomic E-state index is 0.134. The lowest BCUT2D eigenvalue weighted by atomic mass is 10.0. The van der Waals surface area contributed by atoms with Crippen LogP contribution in [0, 0.1) is 0 Å². The third-order valence-electron chi connectivity index (χ3n) is 3.24. The number of carbonyl (C=O) groups excluding carboxylic acids is 1. The maximum absolute atomic E-state index is 12.4. The summed E-state index contributed by atoms with van der Waals surface area (Å²) < 4.78 is 24.5. The predicted molar refractivity (Wildman–Crippen MR) is 77.2 cm³/mol. The third kappa shape index (κ3) is 2.18. The van der Waals surface area contributed by atoms with Gasteiger partial charge in [0.25, 0.3) is 0 Å². The fraction of sp³-hybridized carbons (Fsp3) is 0.0625. The van der Waals surface area contributed by atoms with Crippen LogP contribution in [0.5, 0.6) is 0 Å². The highest BCUT2D eigenvalue weighted by atomic mass is 32.2. The molecule has 0 saturated heterocycles. The van der Waals surface area contributed by atoms with Gasteiger partial charge >= 0.3 is 0 Å². The van der Waals surface area contributed by atoms with Gasteiger partial charge in [0, 0.05) is 11.1 Å². The summed E-state index contributed by atoms with van der Waals surface area (Å²) in [6.45, 7) is 0. The van der Waals surface area contributed by atoms with Crippen LogP contribution in [0.4, 0.5) is 0 Å². The molecule has 0 fully saturated rings. The number of rotatable bonds is 1. The van der Waals surface area contributed by atoms with Crippen LogP contribution in [-0.2, 0) is 9.84 Å². The molecule has 0 spiro atoms. The zero-order valence-corrected chi connectivity index (χ0v) is 11.4. The molecule has 0 N–H and O–H groups in total. The first-order valence-corrected chi connectivity index (χ1v) is 7.85. The number of hydrogen-bond donors (Lipinski definition) is 0. The largest absolute Gasteiger partial charge is 0.289 e.